The Balaban J connectivity index is 4.37. The zero-order valence-corrected chi connectivity index (χ0v) is 11.8. The first kappa shape index (κ1) is 15.8. The van der Waals surface area contributed by atoms with Gasteiger partial charge in [-0.3, -0.25) is 0 Å². The maximum Gasteiger partial charge on any atom is 0.0363 e. The van der Waals surface area contributed by atoms with E-state index in [1.807, 2.05) is 12.2 Å². The van der Waals surface area contributed by atoms with Crippen molar-refractivity contribution in [3.8, 4) is 0 Å². The van der Waals surface area contributed by atoms with Crippen molar-refractivity contribution in [2.24, 2.45) is 0 Å². The Morgan fingerprint density at radius 1 is 1.24 bits per heavy atom. The molecule has 1 nitrogen and oxygen atoms in total. The van der Waals surface area contributed by atoms with Gasteiger partial charge in [-0.15, -0.1) is 6.58 Å². The molecule has 0 bridgehead atoms. The largest absolute Gasteiger partial charge is 0.375 e. The molecule has 0 spiro atoms. The summed E-state index contributed by atoms with van der Waals surface area (Å²) >= 11 is 0. The number of hydrogen-bond donors (Lipinski definition) is 0. The Morgan fingerprint density at radius 2 is 1.88 bits per heavy atom. The Morgan fingerprint density at radius 3 is 2.35 bits per heavy atom. The van der Waals surface area contributed by atoms with E-state index in [-0.39, 0.29) is 0 Å². The fourth-order valence-corrected chi connectivity index (χ4v) is 1.71. The Hall–Kier alpha value is -1.24. The van der Waals surface area contributed by atoms with Gasteiger partial charge in [-0.2, -0.15) is 0 Å². The van der Waals surface area contributed by atoms with Crippen molar-refractivity contribution >= 4 is 0 Å². The molecule has 0 atom stereocenters. The second-order valence-electron chi connectivity index (χ2n) is 4.40. The van der Waals surface area contributed by atoms with Gasteiger partial charge < -0.3 is 4.90 Å². The van der Waals surface area contributed by atoms with Gasteiger partial charge in [0, 0.05) is 19.3 Å². The molecule has 96 valence electrons. The highest BCUT2D eigenvalue weighted by Gasteiger charge is 2.07. The smallest absolute Gasteiger partial charge is 0.0363 e. The summed E-state index contributed by atoms with van der Waals surface area (Å²) in [7, 11) is 2.10. The van der Waals surface area contributed by atoms with Crippen LogP contribution in [0, 0.1) is 0 Å². The molecule has 0 N–H and O–H groups in total. The van der Waals surface area contributed by atoms with E-state index in [1.54, 1.807) is 0 Å². The highest BCUT2D eigenvalue weighted by molar-refractivity contribution is 5.39. The first-order chi connectivity index (χ1) is 8.08. The molecule has 17 heavy (non-hydrogen) atoms. The molecule has 0 saturated carbocycles. The fraction of sp³-hybridized carbons (Fsp3) is 0.500. The van der Waals surface area contributed by atoms with Crippen LogP contribution in [0.3, 0.4) is 0 Å². The highest BCUT2D eigenvalue weighted by Crippen LogP contribution is 2.19. The van der Waals surface area contributed by atoms with Crippen LogP contribution in [0.15, 0.2) is 48.7 Å². The standard InChI is InChI=1S/C16H27N/c1-7-10-11-12-13-17(6)15(5)16(9-3)14(4)8-2/h7,9H,1,3,5,8,10-13H2,2,4,6H3/b16-14+. The van der Waals surface area contributed by atoms with E-state index in [0.717, 1.165) is 25.1 Å². The summed E-state index contributed by atoms with van der Waals surface area (Å²) in [4.78, 5) is 2.22. The van der Waals surface area contributed by atoms with Crippen LogP contribution in [0.5, 0.6) is 0 Å². The first-order valence-corrected chi connectivity index (χ1v) is 6.41. The van der Waals surface area contributed by atoms with Crippen LogP contribution in [0.25, 0.3) is 0 Å². The van der Waals surface area contributed by atoms with Gasteiger partial charge in [0.25, 0.3) is 0 Å². The van der Waals surface area contributed by atoms with Crippen molar-refractivity contribution < 1.29 is 0 Å². The molecular weight excluding hydrogens is 206 g/mol. The quantitative estimate of drug-likeness (QED) is 0.317. The van der Waals surface area contributed by atoms with Gasteiger partial charge in [0.05, 0.1) is 0 Å². The summed E-state index contributed by atoms with van der Waals surface area (Å²) in [5.41, 5.74) is 3.62. The van der Waals surface area contributed by atoms with Gasteiger partial charge in [-0.25, -0.2) is 0 Å². The minimum Gasteiger partial charge on any atom is -0.375 e. The highest BCUT2D eigenvalue weighted by atomic mass is 15.1. The van der Waals surface area contributed by atoms with Gasteiger partial charge in [0.2, 0.25) is 0 Å². The Kier molecular flexibility index (Phi) is 8.21. The van der Waals surface area contributed by atoms with Crippen molar-refractivity contribution in [2.45, 2.75) is 39.5 Å². The van der Waals surface area contributed by atoms with Gasteiger partial charge in [0.1, 0.15) is 0 Å². The van der Waals surface area contributed by atoms with Crippen LogP contribution < -0.4 is 0 Å². The molecule has 0 saturated heterocycles. The van der Waals surface area contributed by atoms with Crippen molar-refractivity contribution in [3.05, 3.63) is 48.7 Å². The van der Waals surface area contributed by atoms with E-state index < -0.39 is 0 Å². The van der Waals surface area contributed by atoms with Crippen LogP contribution >= 0.6 is 0 Å². The summed E-state index contributed by atoms with van der Waals surface area (Å²) in [6, 6.07) is 0. The molecule has 1 heteroatoms. The van der Waals surface area contributed by atoms with Crippen molar-refractivity contribution in [1.82, 2.24) is 4.90 Å². The maximum absolute atomic E-state index is 4.17. The average Bonchev–Trinajstić information content (AvgIpc) is 2.34. The van der Waals surface area contributed by atoms with E-state index in [4.69, 9.17) is 0 Å². The lowest BCUT2D eigenvalue weighted by atomic mass is 10.0. The molecule has 0 radical (unpaired) electrons. The second-order valence-corrected chi connectivity index (χ2v) is 4.40. The minimum absolute atomic E-state index is 1.04. The summed E-state index contributed by atoms with van der Waals surface area (Å²) in [6.45, 7) is 17.1. The van der Waals surface area contributed by atoms with Gasteiger partial charge in [-0.1, -0.05) is 37.8 Å². The van der Waals surface area contributed by atoms with Crippen molar-refractivity contribution in [1.29, 1.82) is 0 Å². The van der Waals surface area contributed by atoms with Crippen LogP contribution in [0.4, 0.5) is 0 Å². The molecule has 0 fully saturated rings. The van der Waals surface area contributed by atoms with E-state index in [2.05, 4.69) is 45.5 Å². The number of unbranched alkanes of at least 4 members (excludes halogenated alkanes) is 2. The third-order valence-corrected chi connectivity index (χ3v) is 3.12. The van der Waals surface area contributed by atoms with E-state index in [9.17, 15) is 0 Å². The lowest BCUT2D eigenvalue weighted by Gasteiger charge is -2.23. The lowest BCUT2D eigenvalue weighted by Crippen LogP contribution is -2.19. The molecule has 0 aromatic rings. The third kappa shape index (κ3) is 5.58. The number of likely N-dealkylation sites (N-methyl/N-ethyl adjacent to an activating group) is 1. The monoisotopic (exact) mass is 233 g/mol. The Bertz CT molecular complexity index is 297. The normalized spacial score (nSPS) is 11.7. The van der Waals surface area contributed by atoms with E-state index >= 15 is 0 Å². The summed E-state index contributed by atoms with van der Waals surface area (Å²) in [5.74, 6) is 0. The molecule has 0 amide bonds. The maximum atomic E-state index is 4.17. The zero-order valence-electron chi connectivity index (χ0n) is 11.8. The van der Waals surface area contributed by atoms with Crippen molar-refractivity contribution in [2.75, 3.05) is 13.6 Å². The molecule has 0 aliphatic rings. The van der Waals surface area contributed by atoms with Gasteiger partial charge in [0.15, 0.2) is 0 Å². The fourth-order valence-electron chi connectivity index (χ4n) is 1.71. The molecular formula is C16H27N. The minimum atomic E-state index is 1.04. The second kappa shape index (κ2) is 8.86. The van der Waals surface area contributed by atoms with Gasteiger partial charge >= 0.3 is 0 Å². The van der Waals surface area contributed by atoms with Crippen molar-refractivity contribution in [3.63, 3.8) is 0 Å². The number of allylic oxidation sites excluding steroid dienone is 3. The lowest BCUT2D eigenvalue weighted by molar-refractivity contribution is 0.412. The number of rotatable bonds is 9. The predicted octanol–water partition coefficient (Wildman–Crippen LogP) is 4.70. The van der Waals surface area contributed by atoms with Crippen LogP contribution in [0.1, 0.15) is 39.5 Å². The van der Waals surface area contributed by atoms with Crippen LogP contribution in [-0.2, 0) is 0 Å². The molecule has 0 unspecified atom stereocenters. The molecule has 0 rings (SSSR count). The van der Waals surface area contributed by atoms with Crippen LogP contribution in [0.2, 0.25) is 0 Å². The van der Waals surface area contributed by atoms with Gasteiger partial charge in [-0.05, 0) is 38.2 Å². The molecule has 0 aromatic heterocycles. The first-order valence-electron chi connectivity index (χ1n) is 6.41. The average molecular weight is 233 g/mol. The summed E-state index contributed by atoms with van der Waals surface area (Å²) in [6.07, 6.45) is 8.41. The van der Waals surface area contributed by atoms with Crippen LogP contribution in [-0.4, -0.2) is 18.5 Å². The predicted molar refractivity (Wildman–Crippen MR) is 79.0 cm³/mol. The molecule has 0 heterocycles. The number of hydrogen-bond acceptors (Lipinski definition) is 1. The zero-order chi connectivity index (χ0) is 13.3. The van der Waals surface area contributed by atoms with E-state index in [1.165, 1.54) is 24.0 Å². The molecule has 0 aromatic carbocycles. The molecule has 0 aliphatic heterocycles. The summed E-state index contributed by atoms with van der Waals surface area (Å²) in [5, 5.41) is 0. The topological polar surface area (TPSA) is 3.24 Å². The molecule has 0 aliphatic carbocycles. The Labute approximate surface area is 107 Å². The number of nitrogens with zero attached hydrogens (tertiary/aromatic N) is 1. The van der Waals surface area contributed by atoms with E-state index in [0.29, 0.717) is 0 Å². The summed E-state index contributed by atoms with van der Waals surface area (Å²) < 4.78 is 0. The third-order valence-electron chi connectivity index (χ3n) is 3.12. The SMILES string of the molecule is C=CCCCCN(C)C(=C)/C(C=C)=C(\C)CC.